The maximum Gasteiger partial charge on any atom is 0.0256 e. The Balaban J connectivity index is 2.62. The van der Waals surface area contributed by atoms with Crippen LogP contribution in [-0.2, 0) is 0 Å². The molecule has 1 rings (SSSR count). The van der Waals surface area contributed by atoms with Gasteiger partial charge in [0.1, 0.15) is 0 Å². The SMILES string of the molecule is C=C(C)[C@H]1CC=C(C)[C@H](N)C1. The van der Waals surface area contributed by atoms with E-state index >= 15 is 0 Å². The quantitative estimate of drug-likeness (QED) is 0.571. The van der Waals surface area contributed by atoms with E-state index < -0.39 is 0 Å². The molecular formula is C10H17N. The average molecular weight is 151 g/mol. The normalized spacial score (nSPS) is 31.4. The molecule has 0 fully saturated rings. The maximum atomic E-state index is 5.90. The van der Waals surface area contributed by atoms with Gasteiger partial charge in [-0.25, -0.2) is 0 Å². The average Bonchev–Trinajstić information content (AvgIpc) is 1.94. The Morgan fingerprint density at radius 1 is 1.73 bits per heavy atom. The van der Waals surface area contributed by atoms with E-state index in [2.05, 4.69) is 26.5 Å². The highest BCUT2D eigenvalue weighted by Gasteiger charge is 2.18. The molecular weight excluding hydrogens is 134 g/mol. The molecule has 62 valence electrons. The molecule has 0 heterocycles. The smallest absolute Gasteiger partial charge is 0.0256 e. The Kier molecular flexibility index (Phi) is 2.50. The largest absolute Gasteiger partial charge is 0.324 e. The van der Waals surface area contributed by atoms with Crippen molar-refractivity contribution in [2.24, 2.45) is 11.7 Å². The van der Waals surface area contributed by atoms with E-state index in [9.17, 15) is 0 Å². The second-order valence-corrected chi connectivity index (χ2v) is 3.57. The number of nitrogens with two attached hydrogens (primary N) is 1. The van der Waals surface area contributed by atoms with Gasteiger partial charge in [-0.05, 0) is 32.6 Å². The third-order valence-electron chi connectivity index (χ3n) is 2.54. The minimum absolute atomic E-state index is 0.269. The van der Waals surface area contributed by atoms with Crippen molar-refractivity contribution in [3.8, 4) is 0 Å². The third kappa shape index (κ3) is 1.93. The molecule has 1 aliphatic rings. The monoisotopic (exact) mass is 151 g/mol. The first-order chi connectivity index (χ1) is 5.11. The molecule has 0 amide bonds. The number of hydrogen-bond acceptors (Lipinski definition) is 1. The first-order valence-electron chi connectivity index (χ1n) is 4.19. The second kappa shape index (κ2) is 3.22. The molecule has 0 spiro atoms. The van der Waals surface area contributed by atoms with Crippen molar-refractivity contribution in [3.05, 3.63) is 23.8 Å². The molecule has 1 nitrogen and oxygen atoms in total. The Labute approximate surface area is 69.0 Å². The lowest BCUT2D eigenvalue weighted by Crippen LogP contribution is -2.28. The molecule has 0 aliphatic heterocycles. The second-order valence-electron chi connectivity index (χ2n) is 3.57. The Bertz CT molecular complexity index is 191. The molecule has 0 aromatic rings. The van der Waals surface area contributed by atoms with Crippen LogP contribution in [0.3, 0.4) is 0 Å². The molecule has 0 aromatic carbocycles. The summed E-state index contributed by atoms with van der Waals surface area (Å²) in [6, 6.07) is 0.269. The van der Waals surface area contributed by atoms with Gasteiger partial charge in [0, 0.05) is 6.04 Å². The molecule has 2 atom stereocenters. The van der Waals surface area contributed by atoms with Crippen LogP contribution in [-0.4, -0.2) is 6.04 Å². The van der Waals surface area contributed by atoms with E-state index in [1.54, 1.807) is 0 Å². The van der Waals surface area contributed by atoms with E-state index in [-0.39, 0.29) is 6.04 Å². The predicted octanol–water partition coefficient (Wildman–Crippen LogP) is 2.25. The lowest BCUT2D eigenvalue weighted by atomic mass is 9.83. The Morgan fingerprint density at radius 3 is 2.82 bits per heavy atom. The summed E-state index contributed by atoms with van der Waals surface area (Å²) in [4.78, 5) is 0. The van der Waals surface area contributed by atoms with Crippen LogP contribution < -0.4 is 5.73 Å². The van der Waals surface area contributed by atoms with Gasteiger partial charge in [0.05, 0.1) is 0 Å². The number of rotatable bonds is 1. The summed E-state index contributed by atoms with van der Waals surface area (Å²) in [7, 11) is 0. The first kappa shape index (κ1) is 8.54. The van der Waals surface area contributed by atoms with Gasteiger partial charge in [0.15, 0.2) is 0 Å². The molecule has 1 heteroatoms. The minimum atomic E-state index is 0.269. The molecule has 0 saturated carbocycles. The summed E-state index contributed by atoms with van der Waals surface area (Å²) in [5, 5.41) is 0. The fourth-order valence-electron chi connectivity index (χ4n) is 1.47. The summed E-state index contributed by atoms with van der Waals surface area (Å²) < 4.78 is 0. The van der Waals surface area contributed by atoms with Gasteiger partial charge in [-0.1, -0.05) is 23.8 Å². The van der Waals surface area contributed by atoms with E-state index in [0.717, 1.165) is 12.8 Å². The van der Waals surface area contributed by atoms with Crippen molar-refractivity contribution in [1.29, 1.82) is 0 Å². The Hall–Kier alpha value is -0.560. The predicted molar refractivity (Wildman–Crippen MR) is 49.3 cm³/mol. The summed E-state index contributed by atoms with van der Waals surface area (Å²) in [6.45, 7) is 8.15. The summed E-state index contributed by atoms with van der Waals surface area (Å²) in [5.41, 5.74) is 8.50. The van der Waals surface area contributed by atoms with Gasteiger partial charge in [-0.2, -0.15) is 0 Å². The van der Waals surface area contributed by atoms with Gasteiger partial charge >= 0.3 is 0 Å². The van der Waals surface area contributed by atoms with Crippen molar-refractivity contribution in [2.45, 2.75) is 32.7 Å². The molecule has 0 bridgehead atoms. The van der Waals surface area contributed by atoms with Crippen molar-refractivity contribution >= 4 is 0 Å². The van der Waals surface area contributed by atoms with Crippen LogP contribution in [0.4, 0.5) is 0 Å². The van der Waals surface area contributed by atoms with Crippen molar-refractivity contribution < 1.29 is 0 Å². The van der Waals surface area contributed by atoms with Crippen LogP contribution in [0.2, 0.25) is 0 Å². The molecule has 0 aromatic heterocycles. The van der Waals surface area contributed by atoms with E-state index in [1.165, 1.54) is 11.1 Å². The topological polar surface area (TPSA) is 26.0 Å². The summed E-state index contributed by atoms with van der Waals surface area (Å²) >= 11 is 0. The zero-order valence-corrected chi connectivity index (χ0v) is 7.43. The van der Waals surface area contributed by atoms with Crippen molar-refractivity contribution in [1.82, 2.24) is 0 Å². The molecule has 0 unspecified atom stereocenters. The van der Waals surface area contributed by atoms with Crippen LogP contribution in [0.15, 0.2) is 23.8 Å². The first-order valence-corrected chi connectivity index (χ1v) is 4.19. The molecule has 11 heavy (non-hydrogen) atoms. The van der Waals surface area contributed by atoms with Crippen LogP contribution in [0.1, 0.15) is 26.7 Å². The standard InChI is InChI=1S/C10H17N/c1-7(2)9-5-4-8(3)10(11)6-9/h4,9-10H,1,5-6,11H2,2-3H3/t9-,10+/m0/s1. The van der Waals surface area contributed by atoms with Crippen LogP contribution in [0.25, 0.3) is 0 Å². The molecule has 0 saturated heterocycles. The molecule has 0 radical (unpaired) electrons. The van der Waals surface area contributed by atoms with Gasteiger partial charge < -0.3 is 5.73 Å². The highest BCUT2D eigenvalue weighted by molar-refractivity contribution is 5.15. The molecule has 2 N–H and O–H groups in total. The maximum absolute atomic E-state index is 5.90. The van der Waals surface area contributed by atoms with E-state index in [1.807, 2.05) is 0 Å². The van der Waals surface area contributed by atoms with E-state index in [4.69, 9.17) is 5.73 Å². The van der Waals surface area contributed by atoms with Gasteiger partial charge in [0.25, 0.3) is 0 Å². The fourth-order valence-corrected chi connectivity index (χ4v) is 1.47. The minimum Gasteiger partial charge on any atom is -0.324 e. The zero-order chi connectivity index (χ0) is 8.43. The van der Waals surface area contributed by atoms with Crippen molar-refractivity contribution in [2.75, 3.05) is 0 Å². The summed E-state index contributed by atoms with van der Waals surface area (Å²) in [6.07, 6.45) is 4.46. The van der Waals surface area contributed by atoms with Crippen LogP contribution in [0.5, 0.6) is 0 Å². The van der Waals surface area contributed by atoms with Crippen LogP contribution >= 0.6 is 0 Å². The summed E-state index contributed by atoms with van der Waals surface area (Å²) in [5.74, 6) is 0.619. The number of hydrogen-bond donors (Lipinski definition) is 1. The van der Waals surface area contributed by atoms with E-state index in [0.29, 0.717) is 5.92 Å². The van der Waals surface area contributed by atoms with Gasteiger partial charge in [0.2, 0.25) is 0 Å². The highest BCUT2D eigenvalue weighted by atomic mass is 14.6. The van der Waals surface area contributed by atoms with Crippen LogP contribution in [0, 0.1) is 5.92 Å². The lowest BCUT2D eigenvalue weighted by Gasteiger charge is -2.25. The van der Waals surface area contributed by atoms with Gasteiger partial charge in [-0.15, -0.1) is 0 Å². The third-order valence-corrected chi connectivity index (χ3v) is 2.54. The number of allylic oxidation sites excluding steroid dienone is 2. The molecule has 1 aliphatic carbocycles. The highest BCUT2D eigenvalue weighted by Crippen LogP contribution is 2.26. The lowest BCUT2D eigenvalue weighted by molar-refractivity contribution is 0.493. The van der Waals surface area contributed by atoms with Crippen molar-refractivity contribution in [3.63, 3.8) is 0 Å². The van der Waals surface area contributed by atoms with Gasteiger partial charge in [-0.3, -0.25) is 0 Å². The zero-order valence-electron chi connectivity index (χ0n) is 7.43. The Morgan fingerprint density at radius 2 is 2.36 bits per heavy atom. The fraction of sp³-hybridized carbons (Fsp3) is 0.600.